The van der Waals surface area contributed by atoms with Gasteiger partial charge in [0.05, 0.1) is 0 Å². The highest BCUT2D eigenvalue weighted by atomic mass is 28.4. The maximum Gasteiger partial charge on any atom is 0.237 e. The average molecular weight is 275 g/mol. The second-order valence-electron chi connectivity index (χ2n) is 6.85. The molecule has 0 saturated carbocycles. The SMILES string of the molecule is CC[C@H]([C@H](O[Si](C)(C)C(C)(C)C)C(C)C)[N+](=O)[O-]. The lowest BCUT2D eigenvalue weighted by Gasteiger charge is -2.40. The van der Waals surface area contributed by atoms with Crippen molar-refractivity contribution in [2.24, 2.45) is 5.92 Å². The topological polar surface area (TPSA) is 52.4 Å². The second kappa shape index (κ2) is 6.15. The van der Waals surface area contributed by atoms with Gasteiger partial charge in [-0.05, 0) is 24.1 Å². The molecule has 4 nitrogen and oxygen atoms in total. The largest absolute Gasteiger partial charge is 0.407 e. The number of hydrogen-bond acceptors (Lipinski definition) is 3. The first-order valence-corrected chi connectivity index (χ1v) is 9.66. The summed E-state index contributed by atoms with van der Waals surface area (Å²) in [5.74, 6) is 0.162. The molecule has 0 unspecified atom stereocenters. The van der Waals surface area contributed by atoms with E-state index in [0.29, 0.717) is 6.42 Å². The van der Waals surface area contributed by atoms with E-state index < -0.39 is 14.4 Å². The van der Waals surface area contributed by atoms with Crippen molar-refractivity contribution < 1.29 is 9.35 Å². The van der Waals surface area contributed by atoms with Gasteiger partial charge in [-0.2, -0.15) is 0 Å². The van der Waals surface area contributed by atoms with Crippen LogP contribution in [0.5, 0.6) is 0 Å². The molecule has 0 aliphatic heterocycles. The van der Waals surface area contributed by atoms with Crippen molar-refractivity contribution in [3.05, 3.63) is 10.1 Å². The van der Waals surface area contributed by atoms with Gasteiger partial charge in [0.2, 0.25) is 6.04 Å². The van der Waals surface area contributed by atoms with Crippen LogP contribution in [0.2, 0.25) is 18.1 Å². The molecule has 0 aromatic heterocycles. The van der Waals surface area contributed by atoms with Crippen LogP contribution < -0.4 is 0 Å². The van der Waals surface area contributed by atoms with Crippen LogP contribution in [0.25, 0.3) is 0 Å². The van der Waals surface area contributed by atoms with Crippen LogP contribution in [0.1, 0.15) is 48.0 Å². The summed E-state index contributed by atoms with van der Waals surface area (Å²) in [6.45, 7) is 16.6. The normalized spacial score (nSPS) is 16.7. The molecule has 18 heavy (non-hydrogen) atoms. The Hall–Kier alpha value is -0.423. The molecule has 0 aromatic carbocycles. The summed E-state index contributed by atoms with van der Waals surface area (Å²) in [5.41, 5.74) is 0. The van der Waals surface area contributed by atoms with Crippen molar-refractivity contribution in [2.75, 3.05) is 0 Å². The fraction of sp³-hybridized carbons (Fsp3) is 1.00. The van der Waals surface area contributed by atoms with Gasteiger partial charge in [0, 0.05) is 11.3 Å². The third-order valence-electron chi connectivity index (χ3n) is 3.96. The lowest BCUT2D eigenvalue weighted by molar-refractivity contribution is -0.535. The summed E-state index contributed by atoms with van der Waals surface area (Å²) in [5, 5.41) is 11.2. The Morgan fingerprint density at radius 2 is 1.72 bits per heavy atom. The van der Waals surface area contributed by atoms with E-state index in [1.807, 2.05) is 20.8 Å². The summed E-state index contributed by atoms with van der Waals surface area (Å²) in [4.78, 5) is 11.0. The Kier molecular flexibility index (Phi) is 6.00. The number of hydrogen-bond donors (Lipinski definition) is 0. The van der Waals surface area contributed by atoms with Gasteiger partial charge in [-0.15, -0.1) is 0 Å². The highest BCUT2D eigenvalue weighted by molar-refractivity contribution is 6.74. The smallest absolute Gasteiger partial charge is 0.237 e. The molecule has 0 amide bonds. The molecule has 0 heterocycles. The van der Waals surface area contributed by atoms with E-state index in [-0.39, 0.29) is 22.0 Å². The lowest BCUT2D eigenvalue weighted by Crippen LogP contribution is -2.50. The van der Waals surface area contributed by atoms with Gasteiger partial charge in [0.15, 0.2) is 8.32 Å². The van der Waals surface area contributed by atoms with Crippen LogP contribution in [-0.4, -0.2) is 25.4 Å². The molecular weight excluding hydrogens is 246 g/mol. The first-order valence-electron chi connectivity index (χ1n) is 6.75. The molecule has 2 atom stereocenters. The fourth-order valence-electron chi connectivity index (χ4n) is 1.68. The van der Waals surface area contributed by atoms with Crippen LogP contribution in [0, 0.1) is 16.0 Å². The van der Waals surface area contributed by atoms with Crippen molar-refractivity contribution in [3.8, 4) is 0 Å². The summed E-state index contributed by atoms with van der Waals surface area (Å²) < 4.78 is 6.28. The predicted octanol–water partition coefficient (Wildman–Crippen LogP) is 4.09. The minimum Gasteiger partial charge on any atom is -0.407 e. The van der Waals surface area contributed by atoms with E-state index in [0.717, 1.165) is 0 Å². The highest BCUT2D eigenvalue weighted by Gasteiger charge is 2.44. The molecule has 0 rings (SSSR count). The molecule has 108 valence electrons. The molecule has 0 aliphatic carbocycles. The molecule has 0 bridgehead atoms. The Bertz CT molecular complexity index is 284. The second-order valence-corrected chi connectivity index (χ2v) is 11.6. The van der Waals surface area contributed by atoms with E-state index in [1.54, 1.807) is 0 Å². The maximum absolute atomic E-state index is 11.2. The van der Waals surface area contributed by atoms with E-state index in [2.05, 4.69) is 33.9 Å². The zero-order chi connectivity index (χ0) is 14.7. The van der Waals surface area contributed by atoms with Gasteiger partial charge in [-0.3, -0.25) is 10.1 Å². The monoisotopic (exact) mass is 275 g/mol. The van der Waals surface area contributed by atoms with Crippen LogP contribution in [0.4, 0.5) is 0 Å². The molecule has 0 aromatic rings. The Morgan fingerprint density at radius 1 is 1.28 bits per heavy atom. The summed E-state index contributed by atoms with van der Waals surface area (Å²) in [7, 11) is -1.96. The lowest BCUT2D eigenvalue weighted by atomic mass is 9.98. The number of rotatable bonds is 6. The van der Waals surface area contributed by atoms with E-state index in [4.69, 9.17) is 4.43 Å². The van der Waals surface area contributed by atoms with Crippen LogP contribution >= 0.6 is 0 Å². The minimum atomic E-state index is -1.96. The Balaban J connectivity index is 5.11. The summed E-state index contributed by atoms with van der Waals surface area (Å²) in [6, 6.07) is -0.598. The highest BCUT2D eigenvalue weighted by Crippen LogP contribution is 2.38. The van der Waals surface area contributed by atoms with Crippen LogP contribution in [-0.2, 0) is 4.43 Å². The Labute approximate surface area is 112 Å². The molecule has 0 saturated heterocycles. The zero-order valence-corrected chi connectivity index (χ0v) is 14.1. The van der Waals surface area contributed by atoms with Crippen molar-refractivity contribution in [2.45, 2.75) is 78.2 Å². The molecule has 0 radical (unpaired) electrons. The molecular formula is C13H29NO3Si. The van der Waals surface area contributed by atoms with Gasteiger partial charge >= 0.3 is 0 Å². The van der Waals surface area contributed by atoms with Gasteiger partial charge in [0.1, 0.15) is 6.10 Å². The van der Waals surface area contributed by atoms with E-state index in [9.17, 15) is 10.1 Å². The third kappa shape index (κ3) is 4.35. The predicted molar refractivity (Wildman–Crippen MR) is 78.0 cm³/mol. The number of nitrogens with zero attached hydrogens (tertiary/aromatic N) is 1. The van der Waals surface area contributed by atoms with Gasteiger partial charge in [-0.1, -0.05) is 41.5 Å². The first kappa shape index (κ1) is 17.6. The molecule has 0 N–H and O–H groups in total. The van der Waals surface area contributed by atoms with Gasteiger partial charge < -0.3 is 4.43 Å². The van der Waals surface area contributed by atoms with Crippen molar-refractivity contribution in [3.63, 3.8) is 0 Å². The maximum atomic E-state index is 11.2. The number of nitro groups is 1. The standard InChI is InChI=1S/C13H29NO3Si/c1-9-11(14(15)16)12(10(2)3)17-18(7,8)13(4,5)6/h10-12H,9H2,1-8H3/t11-,12-/m1/s1. The fourth-order valence-corrected chi connectivity index (χ4v) is 3.14. The quantitative estimate of drug-likeness (QED) is 0.417. The van der Waals surface area contributed by atoms with Crippen molar-refractivity contribution in [1.29, 1.82) is 0 Å². The van der Waals surface area contributed by atoms with Crippen LogP contribution in [0.3, 0.4) is 0 Å². The average Bonchev–Trinajstić information content (AvgIpc) is 2.14. The summed E-state index contributed by atoms with van der Waals surface area (Å²) in [6.07, 6.45) is 0.232. The first-order chi connectivity index (χ1) is 7.94. The molecule has 0 fully saturated rings. The van der Waals surface area contributed by atoms with E-state index >= 15 is 0 Å². The molecule has 5 heteroatoms. The molecule has 0 spiro atoms. The van der Waals surface area contributed by atoms with Crippen molar-refractivity contribution >= 4 is 8.32 Å². The third-order valence-corrected chi connectivity index (χ3v) is 8.44. The summed E-state index contributed by atoms with van der Waals surface area (Å²) >= 11 is 0. The Morgan fingerprint density at radius 3 is 1.94 bits per heavy atom. The van der Waals surface area contributed by atoms with Gasteiger partial charge in [0.25, 0.3) is 0 Å². The van der Waals surface area contributed by atoms with E-state index in [1.165, 1.54) is 0 Å². The van der Waals surface area contributed by atoms with Gasteiger partial charge in [-0.25, -0.2) is 0 Å². The zero-order valence-electron chi connectivity index (χ0n) is 13.1. The van der Waals surface area contributed by atoms with Crippen molar-refractivity contribution in [1.82, 2.24) is 0 Å². The minimum absolute atomic E-state index is 0.0784. The van der Waals surface area contributed by atoms with Crippen LogP contribution in [0.15, 0.2) is 0 Å². The molecule has 0 aliphatic rings.